The van der Waals surface area contributed by atoms with Gasteiger partial charge in [0.05, 0.1) is 13.5 Å². The van der Waals surface area contributed by atoms with E-state index in [-0.39, 0.29) is 26.4 Å². The Morgan fingerprint density at radius 2 is 2.33 bits per heavy atom. The summed E-state index contributed by atoms with van der Waals surface area (Å²) in [5.41, 5.74) is 0. The van der Waals surface area contributed by atoms with E-state index in [1.54, 1.807) is 0 Å². The Bertz CT molecular complexity index is 115. The van der Waals surface area contributed by atoms with Crippen LogP contribution in [0.3, 0.4) is 0 Å². The van der Waals surface area contributed by atoms with Crippen molar-refractivity contribution in [1.82, 2.24) is 0 Å². The summed E-state index contributed by atoms with van der Waals surface area (Å²) in [6.45, 7) is 0. The molecule has 0 aromatic rings. The van der Waals surface area contributed by atoms with Crippen LogP contribution in [0.25, 0.3) is 0 Å². The topological polar surface area (TPSA) is 26.3 Å². The normalized spacial score (nSPS) is 6.67. The minimum Gasteiger partial charge on any atom is -0.469 e. The summed E-state index contributed by atoms with van der Waals surface area (Å²) in [6.07, 6.45) is 5.67. The number of methoxy groups -OCH3 is 1. The van der Waals surface area contributed by atoms with E-state index in [0.29, 0.717) is 12.8 Å². The van der Waals surface area contributed by atoms with Crippen molar-refractivity contribution in [2.45, 2.75) is 12.8 Å². The number of carbonyl (C=O) groups is 1. The van der Waals surface area contributed by atoms with Crippen molar-refractivity contribution in [3.8, 4) is 12.3 Å². The van der Waals surface area contributed by atoms with Crippen LogP contribution in [0.2, 0.25) is 0 Å². The van der Waals surface area contributed by atoms with Crippen LogP contribution < -0.4 is 0 Å². The van der Waals surface area contributed by atoms with Gasteiger partial charge >= 0.3 is 5.97 Å². The standard InChI is InChI=1S/C6H8O2.Pd/c1-3-4-5-6(7)8-2;/h1H,4-5H2,2H3;. The molecule has 0 unspecified atom stereocenters. The van der Waals surface area contributed by atoms with Crippen molar-refractivity contribution in [1.29, 1.82) is 0 Å². The first-order valence-corrected chi connectivity index (χ1v) is 2.31. The Morgan fingerprint density at radius 3 is 2.67 bits per heavy atom. The van der Waals surface area contributed by atoms with Crippen LogP contribution in [-0.2, 0) is 30.0 Å². The summed E-state index contributed by atoms with van der Waals surface area (Å²) in [5.74, 6) is 2.08. The Balaban J connectivity index is 0. The van der Waals surface area contributed by atoms with Crippen molar-refractivity contribution >= 4 is 5.97 Å². The van der Waals surface area contributed by atoms with Gasteiger partial charge in [0.15, 0.2) is 0 Å². The van der Waals surface area contributed by atoms with Gasteiger partial charge in [-0.1, -0.05) is 0 Å². The summed E-state index contributed by atoms with van der Waals surface area (Å²) in [6, 6.07) is 0. The second-order valence-corrected chi connectivity index (χ2v) is 1.28. The van der Waals surface area contributed by atoms with E-state index in [2.05, 4.69) is 10.7 Å². The average Bonchev–Trinajstić information content (AvgIpc) is 1.83. The van der Waals surface area contributed by atoms with Crippen LogP contribution in [0.4, 0.5) is 0 Å². The first-order valence-electron chi connectivity index (χ1n) is 2.31. The molecular weight excluding hydrogens is 210 g/mol. The maximum absolute atomic E-state index is 10.3. The number of esters is 1. The zero-order valence-electron chi connectivity index (χ0n) is 5.12. The van der Waals surface area contributed by atoms with Gasteiger partial charge < -0.3 is 4.74 Å². The third-order valence-electron chi connectivity index (χ3n) is 0.701. The van der Waals surface area contributed by atoms with Gasteiger partial charge in [0.2, 0.25) is 0 Å². The van der Waals surface area contributed by atoms with Crippen LogP contribution in [0.5, 0.6) is 0 Å². The quantitative estimate of drug-likeness (QED) is 0.385. The summed E-state index contributed by atoms with van der Waals surface area (Å²) >= 11 is 0. The van der Waals surface area contributed by atoms with Gasteiger partial charge in [0.1, 0.15) is 0 Å². The van der Waals surface area contributed by atoms with E-state index in [1.807, 2.05) is 0 Å². The Kier molecular flexibility index (Phi) is 9.82. The van der Waals surface area contributed by atoms with E-state index in [1.165, 1.54) is 7.11 Å². The van der Waals surface area contributed by atoms with Crippen molar-refractivity contribution in [3.05, 3.63) is 0 Å². The largest absolute Gasteiger partial charge is 0.469 e. The molecule has 0 saturated carbocycles. The molecule has 0 aliphatic heterocycles. The third kappa shape index (κ3) is 7.69. The molecule has 0 atom stereocenters. The molecular formula is C6H8O2Pd. The van der Waals surface area contributed by atoms with Gasteiger partial charge in [-0.25, -0.2) is 0 Å². The van der Waals surface area contributed by atoms with Crippen LogP contribution in [-0.4, -0.2) is 13.1 Å². The number of rotatable bonds is 2. The van der Waals surface area contributed by atoms with Crippen molar-refractivity contribution in [2.75, 3.05) is 7.11 Å². The Labute approximate surface area is 68.6 Å². The third-order valence-corrected chi connectivity index (χ3v) is 0.701. The van der Waals surface area contributed by atoms with Gasteiger partial charge in [-0.3, -0.25) is 4.79 Å². The smallest absolute Gasteiger partial charge is 0.306 e. The van der Waals surface area contributed by atoms with Gasteiger partial charge in [0, 0.05) is 26.8 Å². The Hall–Kier alpha value is -0.308. The van der Waals surface area contributed by atoms with E-state index in [9.17, 15) is 4.79 Å². The molecule has 0 spiro atoms. The van der Waals surface area contributed by atoms with Crippen molar-refractivity contribution in [2.24, 2.45) is 0 Å². The molecule has 3 heteroatoms. The van der Waals surface area contributed by atoms with E-state index >= 15 is 0 Å². The van der Waals surface area contributed by atoms with Crippen molar-refractivity contribution in [3.63, 3.8) is 0 Å². The molecule has 2 nitrogen and oxygen atoms in total. The summed E-state index contributed by atoms with van der Waals surface area (Å²) < 4.78 is 4.32. The van der Waals surface area contributed by atoms with Gasteiger partial charge in [0.25, 0.3) is 0 Å². The van der Waals surface area contributed by atoms with Crippen LogP contribution in [0, 0.1) is 12.3 Å². The minimum absolute atomic E-state index is 0. The predicted octanol–water partition coefficient (Wildman–Crippen LogP) is 0.570. The molecule has 0 aromatic heterocycles. The first kappa shape index (κ1) is 11.5. The second-order valence-electron chi connectivity index (χ2n) is 1.28. The van der Waals surface area contributed by atoms with Gasteiger partial charge in [-0.15, -0.1) is 12.3 Å². The van der Waals surface area contributed by atoms with E-state index in [4.69, 9.17) is 6.42 Å². The number of hydrogen-bond acceptors (Lipinski definition) is 2. The van der Waals surface area contributed by atoms with Gasteiger partial charge in [-0.05, 0) is 0 Å². The maximum atomic E-state index is 10.3. The summed E-state index contributed by atoms with van der Waals surface area (Å²) in [7, 11) is 1.35. The SMILES string of the molecule is C#CCCC(=O)OC.[Pd]. The average molecular weight is 219 g/mol. The van der Waals surface area contributed by atoms with Crippen molar-refractivity contribution < 1.29 is 30.0 Å². The molecule has 0 aliphatic rings. The van der Waals surface area contributed by atoms with E-state index in [0.717, 1.165) is 0 Å². The maximum Gasteiger partial charge on any atom is 0.306 e. The summed E-state index contributed by atoms with van der Waals surface area (Å²) in [5, 5.41) is 0. The fourth-order valence-corrected chi connectivity index (χ4v) is 0.276. The molecule has 0 aliphatic carbocycles. The molecule has 0 fully saturated rings. The predicted molar refractivity (Wildman–Crippen MR) is 30.1 cm³/mol. The first-order chi connectivity index (χ1) is 3.81. The second kappa shape index (κ2) is 7.69. The molecule has 0 radical (unpaired) electrons. The number of ether oxygens (including phenoxy) is 1. The molecule has 0 saturated heterocycles. The minimum atomic E-state index is -0.247. The molecule has 0 heterocycles. The zero-order chi connectivity index (χ0) is 6.41. The zero-order valence-corrected chi connectivity index (χ0v) is 6.68. The van der Waals surface area contributed by atoms with Crippen LogP contribution in [0.1, 0.15) is 12.8 Å². The molecule has 0 N–H and O–H groups in total. The Morgan fingerprint density at radius 1 is 1.78 bits per heavy atom. The van der Waals surface area contributed by atoms with E-state index < -0.39 is 0 Å². The molecule has 0 aromatic carbocycles. The monoisotopic (exact) mass is 218 g/mol. The molecule has 54 valence electrons. The molecule has 0 amide bonds. The number of hydrogen-bond donors (Lipinski definition) is 0. The summed E-state index contributed by atoms with van der Waals surface area (Å²) in [4.78, 5) is 10.3. The number of carbonyl (C=O) groups excluding carboxylic acids is 1. The fourth-order valence-electron chi connectivity index (χ4n) is 0.276. The fraction of sp³-hybridized carbons (Fsp3) is 0.500. The molecule has 0 rings (SSSR count). The van der Waals surface area contributed by atoms with Crippen LogP contribution >= 0.6 is 0 Å². The van der Waals surface area contributed by atoms with Gasteiger partial charge in [-0.2, -0.15) is 0 Å². The number of terminal acetylenes is 1. The molecule has 0 bridgehead atoms. The van der Waals surface area contributed by atoms with Crippen LogP contribution in [0.15, 0.2) is 0 Å². The molecule has 9 heavy (non-hydrogen) atoms.